The molecular weight excluding hydrogens is 318 g/mol. The summed E-state index contributed by atoms with van der Waals surface area (Å²) >= 11 is 0. The van der Waals surface area contributed by atoms with E-state index in [0.717, 1.165) is 36.7 Å². The highest BCUT2D eigenvalue weighted by molar-refractivity contribution is 5.94. The Labute approximate surface area is 145 Å². The summed E-state index contributed by atoms with van der Waals surface area (Å²) in [6, 6.07) is 8.43. The third-order valence-corrected chi connectivity index (χ3v) is 5.26. The van der Waals surface area contributed by atoms with Crippen LogP contribution in [0.3, 0.4) is 0 Å². The Hall–Kier alpha value is -2.63. The molecule has 1 N–H and O–H groups in total. The van der Waals surface area contributed by atoms with Gasteiger partial charge in [0.05, 0.1) is 6.04 Å². The summed E-state index contributed by atoms with van der Waals surface area (Å²) in [7, 11) is 1.38. The summed E-state index contributed by atoms with van der Waals surface area (Å²) in [5, 5.41) is 0. The first-order chi connectivity index (χ1) is 12.1. The number of hydrogen-bond donors (Lipinski definition) is 1. The molecule has 1 amide bonds. The van der Waals surface area contributed by atoms with Crippen LogP contribution in [0.5, 0.6) is 0 Å². The molecule has 0 radical (unpaired) electrons. The summed E-state index contributed by atoms with van der Waals surface area (Å²) < 4.78 is 0.952. The van der Waals surface area contributed by atoms with Crippen molar-refractivity contribution in [3.05, 3.63) is 68.0 Å². The highest BCUT2D eigenvalue weighted by atomic mass is 16.2. The van der Waals surface area contributed by atoms with Crippen LogP contribution in [-0.4, -0.2) is 26.4 Å². The fourth-order valence-corrected chi connectivity index (χ4v) is 3.79. The number of amides is 1. The highest BCUT2D eigenvalue weighted by Crippen LogP contribution is 2.41. The van der Waals surface area contributed by atoms with Gasteiger partial charge in [0.15, 0.2) is 0 Å². The highest BCUT2D eigenvalue weighted by Gasteiger charge is 2.40. The molecule has 1 atom stereocenters. The van der Waals surface area contributed by atoms with Gasteiger partial charge in [-0.25, -0.2) is 4.79 Å². The lowest BCUT2D eigenvalue weighted by atomic mass is 9.86. The molecule has 0 aliphatic heterocycles. The number of H-pyrrole nitrogens is 1. The summed E-state index contributed by atoms with van der Waals surface area (Å²) in [4.78, 5) is 41.6. The topological polar surface area (TPSA) is 75.2 Å². The van der Waals surface area contributed by atoms with Crippen LogP contribution in [0, 0.1) is 0 Å². The number of carbonyl (C=O) groups excluding carboxylic acids is 1. The van der Waals surface area contributed by atoms with E-state index < -0.39 is 11.2 Å². The summed E-state index contributed by atoms with van der Waals surface area (Å²) in [6.07, 6.45) is 6.16. The van der Waals surface area contributed by atoms with Crippen LogP contribution in [0.4, 0.5) is 0 Å². The number of nitrogens with one attached hydrogen (secondary N) is 1. The van der Waals surface area contributed by atoms with Crippen LogP contribution in [-0.2, 0) is 13.5 Å². The number of carbonyl (C=O) groups is 1. The molecular formula is C19H21N3O3. The average molecular weight is 339 g/mol. The minimum atomic E-state index is -0.538. The predicted octanol–water partition coefficient (Wildman–Crippen LogP) is 1.76. The van der Waals surface area contributed by atoms with E-state index in [4.69, 9.17) is 0 Å². The van der Waals surface area contributed by atoms with Gasteiger partial charge < -0.3 is 9.88 Å². The lowest BCUT2D eigenvalue weighted by molar-refractivity contribution is 0.0634. The monoisotopic (exact) mass is 339 g/mol. The van der Waals surface area contributed by atoms with Gasteiger partial charge in [-0.15, -0.1) is 0 Å². The Morgan fingerprint density at radius 3 is 2.72 bits per heavy atom. The van der Waals surface area contributed by atoms with Gasteiger partial charge in [0, 0.05) is 19.3 Å². The first-order valence-corrected chi connectivity index (χ1v) is 8.77. The number of aromatic nitrogens is 2. The van der Waals surface area contributed by atoms with Crippen molar-refractivity contribution < 1.29 is 4.79 Å². The van der Waals surface area contributed by atoms with E-state index in [1.54, 1.807) is 0 Å². The molecule has 1 saturated carbocycles. The molecule has 2 aliphatic carbocycles. The molecule has 1 heterocycles. The fraction of sp³-hybridized carbons (Fsp3) is 0.421. The van der Waals surface area contributed by atoms with Gasteiger partial charge >= 0.3 is 5.69 Å². The van der Waals surface area contributed by atoms with E-state index in [1.807, 2.05) is 17.0 Å². The zero-order valence-electron chi connectivity index (χ0n) is 14.2. The first kappa shape index (κ1) is 15.9. The fourth-order valence-electron chi connectivity index (χ4n) is 3.79. The molecule has 2 aromatic rings. The second-order valence-electron chi connectivity index (χ2n) is 6.92. The Morgan fingerprint density at radius 2 is 1.96 bits per heavy atom. The molecule has 1 aromatic heterocycles. The minimum absolute atomic E-state index is 0.00147. The summed E-state index contributed by atoms with van der Waals surface area (Å²) in [6.45, 7) is 0. The maximum atomic E-state index is 13.2. The number of nitrogens with zero attached hydrogens (tertiary/aromatic N) is 2. The van der Waals surface area contributed by atoms with Crippen molar-refractivity contribution >= 4 is 5.91 Å². The molecule has 6 heteroatoms. The van der Waals surface area contributed by atoms with Gasteiger partial charge in [-0.05, 0) is 43.2 Å². The second-order valence-corrected chi connectivity index (χ2v) is 6.92. The van der Waals surface area contributed by atoms with E-state index >= 15 is 0 Å². The lowest BCUT2D eigenvalue weighted by Gasteiger charge is -2.36. The molecule has 4 rings (SSSR count). The lowest BCUT2D eigenvalue weighted by Crippen LogP contribution is -2.43. The number of rotatable bonds is 3. The molecule has 2 aliphatic rings. The number of fused-ring (bicyclic) bond motifs is 1. The van der Waals surface area contributed by atoms with Gasteiger partial charge in [0.25, 0.3) is 11.5 Å². The molecule has 1 aromatic carbocycles. The number of aromatic amines is 1. The number of hydrogen-bond acceptors (Lipinski definition) is 3. The van der Waals surface area contributed by atoms with Crippen LogP contribution in [0.25, 0.3) is 0 Å². The maximum Gasteiger partial charge on any atom is 0.328 e. The second kappa shape index (κ2) is 6.02. The molecule has 0 unspecified atom stereocenters. The van der Waals surface area contributed by atoms with Crippen molar-refractivity contribution in [2.75, 3.05) is 0 Å². The van der Waals surface area contributed by atoms with Crippen molar-refractivity contribution in [3.63, 3.8) is 0 Å². The quantitative estimate of drug-likeness (QED) is 0.926. The normalized spacial score (nSPS) is 19.3. The molecule has 0 spiro atoms. The Balaban J connectivity index is 1.77. The van der Waals surface area contributed by atoms with Crippen LogP contribution < -0.4 is 11.2 Å². The molecule has 1 fully saturated rings. The standard InChI is InChI=1S/C19H21N3O3/c1-21-17(23)15(11-20-19(21)25)18(24)22(13-9-10-13)16-8-4-6-12-5-2-3-7-14(12)16/h2-3,5,7,11,13,16H,4,6,8-10H2,1H3,(H,20,25)/t16-/m1/s1. The number of benzene rings is 1. The van der Waals surface area contributed by atoms with Crippen molar-refractivity contribution in [1.82, 2.24) is 14.5 Å². The Morgan fingerprint density at radius 1 is 1.20 bits per heavy atom. The molecule has 0 saturated heterocycles. The van der Waals surface area contributed by atoms with E-state index in [1.165, 1.54) is 24.4 Å². The van der Waals surface area contributed by atoms with Gasteiger partial charge in [0.1, 0.15) is 5.56 Å². The van der Waals surface area contributed by atoms with E-state index in [0.29, 0.717) is 0 Å². The maximum absolute atomic E-state index is 13.2. The molecule has 25 heavy (non-hydrogen) atoms. The summed E-state index contributed by atoms with van der Waals surface area (Å²) in [5.41, 5.74) is 1.46. The summed E-state index contributed by atoms with van der Waals surface area (Å²) in [5.74, 6) is -0.277. The molecule has 0 bridgehead atoms. The van der Waals surface area contributed by atoms with Crippen LogP contribution in [0.2, 0.25) is 0 Å². The van der Waals surface area contributed by atoms with Crippen LogP contribution in [0.15, 0.2) is 40.1 Å². The van der Waals surface area contributed by atoms with Crippen LogP contribution >= 0.6 is 0 Å². The Kier molecular flexibility index (Phi) is 3.82. The largest absolute Gasteiger partial charge is 0.328 e. The van der Waals surface area contributed by atoms with E-state index in [-0.39, 0.29) is 23.6 Å². The van der Waals surface area contributed by atoms with Gasteiger partial charge in [0.2, 0.25) is 0 Å². The number of aryl methyl sites for hydroxylation is 1. The van der Waals surface area contributed by atoms with Crippen molar-refractivity contribution in [2.45, 2.75) is 44.2 Å². The van der Waals surface area contributed by atoms with Gasteiger partial charge in [-0.2, -0.15) is 0 Å². The third kappa shape index (κ3) is 2.71. The van der Waals surface area contributed by atoms with Gasteiger partial charge in [-0.3, -0.25) is 14.2 Å². The van der Waals surface area contributed by atoms with Crippen molar-refractivity contribution in [2.24, 2.45) is 7.05 Å². The zero-order valence-corrected chi connectivity index (χ0v) is 14.2. The minimum Gasteiger partial charge on any atom is -0.328 e. The molecule has 6 nitrogen and oxygen atoms in total. The average Bonchev–Trinajstić information content (AvgIpc) is 3.45. The van der Waals surface area contributed by atoms with E-state index in [2.05, 4.69) is 17.1 Å². The van der Waals surface area contributed by atoms with Crippen molar-refractivity contribution in [1.29, 1.82) is 0 Å². The van der Waals surface area contributed by atoms with E-state index in [9.17, 15) is 14.4 Å². The first-order valence-electron chi connectivity index (χ1n) is 8.77. The molecule has 130 valence electrons. The van der Waals surface area contributed by atoms with Gasteiger partial charge in [-0.1, -0.05) is 24.3 Å². The van der Waals surface area contributed by atoms with Crippen LogP contribution in [0.1, 0.15) is 53.2 Å². The smallest absolute Gasteiger partial charge is 0.328 e. The predicted molar refractivity (Wildman–Crippen MR) is 93.6 cm³/mol. The zero-order chi connectivity index (χ0) is 17.6. The Bertz CT molecular complexity index is 939. The van der Waals surface area contributed by atoms with Crippen molar-refractivity contribution in [3.8, 4) is 0 Å². The SMILES string of the molecule is Cn1c(=O)[nH]cc(C(=O)N(C2CC2)[C@@H]2CCCc3ccccc32)c1=O. The third-order valence-electron chi connectivity index (χ3n) is 5.26.